The first-order valence-corrected chi connectivity index (χ1v) is 11.3. The van der Waals surface area contributed by atoms with Crippen LogP contribution in [0.3, 0.4) is 0 Å². The number of carbonyl (C=O) groups excluding carboxylic acids is 1. The summed E-state index contributed by atoms with van der Waals surface area (Å²) in [6.07, 6.45) is -1.21. The Balaban J connectivity index is 0.000000364. The van der Waals surface area contributed by atoms with Gasteiger partial charge < -0.3 is 10.0 Å². The van der Waals surface area contributed by atoms with E-state index in [9.17, 15) is 18.0 Å². The molecule has 2 aliphatic heterocycles. The van der Waals surface area contributed by atoms with E-state index >= 15 is 0 Å². The van der Waals surface area contributed by atoms with E-state index in [1.54, 1.807) is 0 Å². The van der Waals surface area contributed by atoms with Gasteiger partial charge in [0, 0.05) is 24.5 Å². The van der Waals surface area contributed by atoms with Gasteiger partial charge >= 0.3 is 12.1 Å². The summed E-state index contributed by atoms with van der Waals surface area (Å²) in [6.45, 7) is 4.41. The fraction of sp³-hybridized carbons (Fsp3) is 0.417. The van der Waals surface area contributed by atoms with E-state index in [1.165, 1.54) is 24.8 Å². The molecule has 3 aromatic rings. The number of benzene rings is 1. The third-order valence-electron chi connectivity index (χ3n) is 6.22. The summed E-state index contributed by atoms with van der Waals surface area (Å²) in [5.41, 5.74) is 4.87. The number of piperidine rings is 1. The van der Waals surface area contributed by atoms with Gasteiger partial charge in [0.25, 0.3) is 5.91 Å². The molecule has 2 aliphatic rings. The standard InChI is InChI=1S/C22H25N5O.C2HF3O2/c1-25-21-15-27(13-17(21)20(24-25)14-26-11-5-2-6-12-26)22(28)19-10-9-16-7-3-4-8-18(16)23-19;3-2(4,5)1(6)7/h3-4,7-10H,2,5-6,11-15H2,1H3;(H,6,7). The summed E-state index contributed by atoms with van der Waals surface area (Å²) in [5, 5.41) is 12.9. The summed E-state index contributed by atoms with van der Waals surface area (Å²) in [5.74, 6) is -2.77. The Hall–Kier alpha value is -3.47. The Morgan fingerprint density at radius 3 is 2.40 bits per heavy atom. The molecule has 2 aromatic heterocycles. The van der Waals surface area contributed by atoms with Gasteiger partial charge in [0.2, 0.25) is 0 Å². The van der Waals surface area contributed by atoms with Gasteiger partial charge in [-0.05, 0) is 38.1 Å². The van der Waals surface area contributed by atoms with E-state index in [0.29, 0.717) is 18.8 Å². The van der Waals surface area contributed by atoms with Gasteiger partial charge in [0.05, 0.1) is 30.0 Å². The van der Waals surface area contributed by atoms with Crippen LogP contribution in [-0.4, -0.2) is 60.8 Å². The number of aromatic nitrogens is 3. The topological polar surface area (TPSA) is 91.6 Å². The molecular formula is C24H26F3N5O3. The Bertz CT molecular complexity index is 1230. The predicted molar refractivity (Wildman–Crippen MR) is 121 cm³/mol. The van der Waals surface area contributed by atoms with Crippen LogP contribution in [0.4, 0.5) is 13.2 Å². The number of pyridine rings is 1. The fourth-order valence-corrected chi connectivity index (χ4v) is 4.42. The number of carboxylic acids is 1. The molecule has 8 nitrogen and oxygen atoms in total. The Kier molecular flexibility index (Phi) is 7.06. The smallest absolute Gasteiger partial charge is 0.475 e. The molecule has 0 radical (unpaired) electrons. The quantitative estimate of drug-likeness (QED) is 0.603. The number of carboxylic acid groups (broad SMARTS) is 1. The normalized spacial score (nSPS) is 16.1. The van der Waals surface area contributed by atoms with Gasteiger partial charge in [0.15, 0.2) is 0 Å². The van der Waals surface area contributed by atoms with Crippen molar-refractivity contribution in [2.45, 2.75) is 45.1 Å². The second-order valence-corrected chi connectivity index (χ2v) is 8.69. The highest BCUT2D eigenvalue weighted by atomic mass is 19.4. The zero-order valence-corrected chi connectivity index (χ0v) is 19.3. The lowest BCUT2D eigenvalue weighted by Gasteiger charge is -2.26. The van der Waals surface area contributed by atoms with Gasteiger partial charge in [-0.2, -0.15) is 18.3 Å². The Labute approximate surface area is 200 Å². The Morgan fingerprint density at radius 2 is 1.71 bits per heavy atom. The average Bonchev–Trinajstić information content (AvgIpc) is 3.40. The molecular weight excluding hydrogens is 463 g/mol. The average molecular weight is 489 g/mol. The minimum absolute atomic E-state index is 0.00845. The zero-order chi connectivity index (χ0) is 25.2. The van der Waals surface area contributed by atoms with Crippen LogP contribution in [0.25, 0.3) is 10.9 Å². The number of amides is 1. The molecule has 186 valence electrons. The van der Waals surface area contributed by atoms with Crippen molar-refractivity contribution in [2.24, 2.45) is 7.05 Å². The van der Waals surface area contributed by atoms with Gasteiger partial charge in [-0.1, -0.05) is 30.7 Å². The van der Waals surface area contributed by atoms with E-state index in [-0.39, 0.29) is 5.91 Å². The largest absolute Gasteiger partial charge is 0.490 e. The van der Waals surface area contributed by atoms with Crippen molar-refractivity contribution < 1.29 is 27.9 Å². The minimum Gasteiger partial charge on any atom is -0.475 e. The SMILES string of the molecule is Cn1nc(CN2CCCCC2)c2c1CN(C(=O)c1ccc3ccccc3n1)C2.O=C(O)C(F)(F)F. The number of halogens is 3. The maximum atomic E-state index is 13.1. The molecule has 1 saturated heterocycles. The van der Waals surface area contributed by atoms with E-state index < -0.39 is 12.1 Å². The van der Waals surface area contributed by atoms with E-state index in [1.807, 2.05) is 53.0 Å². The van der Waals surface area contributed by atoms with Crippen LogP contribution in [-0.2, 0) is 31.5 Å². The van der Waals surface area contributed by atoms with Crippen LogP contribution in [0.5, 0.6) is 0 Å². The van der Waals surface area contributed by atoms with Crippen LogP contribution in [0, 0.1) is 0 Å². The van der Waals surface area contributed by atoms with Gasteiger partial charge in [-0.3, -0.25) is 14.4 Å². The third kappa shape index (κ3) is 5.61. The molecule has 0 spiro atoms. The maximum absolute atomic E-state index is 13.1. The van der Waals surface area contributed by atoms with Crippen LogP contribution in [0.2, 0.25) is 0 Å². The van der Waals surface area contributed by atoms with Crippen molar-refractivity contribution in [3.8, 4) is 0 Å². The summed E-state index contributed by atoms with van der Waals surface area (Å²) in [4.78, 5) is 31.0. The monoisotopic (exact) mass is 489 g/mol. The van der Waals surface area contributed by atoms with Gasteiger partial charge in [0.1, 0.15) is 5.69 Å². The fourth-order valence-electron chi connectivity index (χ4n) is 4.42. The lowest BCUT2D eigenvalue weighted by Crippen LogP contribution is -2.30. The molecule has 1 fully saturated rings. The molecule has 1 amide bonds. The highest BCUT2D eigenvalue weighted by Gasteiger charge is 2.38. The van der Waals surface area contributed by atoms with Crippen LogP contribution in [0.15, 0.2) is 36.4 Å². The highest BCUT2D eigenvalue weighted by molar-refractivity contribution is 5.95. The third-order valence-corrected chi connectivity index (χ3v) is 6.22. The summed E-state index contributed by atoms with van der Waals surface area (Å²) in [6, 6.07) is 11.7. The molecule has 0 aliphatic carbocycles. The molecule has 0 bridgehead atoms. The van der Waals surface area contributed by atoms with Crippen LogP contribution in [0.1, 0.15) is 46.7 Å². The first-order chi connectivity index (χ1) is 16.6. The minimum atomic E-state index is -5.08. The molecule has 4 heterocycles. The number of alkyl halides is 3. The number of aryl methyl sites for hydroxylation is 1. The molecule has 0 unspecified atom stereocenters. The molecule has 1 aromatic carbocycles. The highest BCUT2D eigenvalue weighted by Crippen LogP contribution is 2.28. The summed E-state index contributed by atoms with van der Waals surface area (Å²) < 4.78 is 33.7. The summed E-state index contributed by atoms with van der Waals surface area (Å²) >= 11 is 0. The number of fused-ring (bicyclic) bond motifs is 2. The second kappa shape index (κ2) is 10.0. The second-order valence-electron chi connectivity index (χ2n) is 8.69. The van der Waals surface area contributed by atoms with E-state index in [0.717, 1.165) is 41.9 Å². The van der Waals surface area contributed by atoms with Crippen molar-refractivity contribution in [1.82, 2.24) is 24.6 Å². The van der Waals surface area contributed by atoms with Crippen molar-refractivity contribution in [3.05, 3.63) is 59.0 Å². The molecule has 5 rings (SSSR count). The van der Waals surface area contributed by atoms with Crippen molar-refractivity contribution in [1.29, 1.82) is 0 Å². The number of para-hydroxylation sites is 1. The first-order valence-electron chi connectivity index (χ1n) is 11.3. The van der Waals surface area contributed by atoms with Crippen molar-refractivity contribution >= 4 is 22.8 Å². The maximum Gasteiger partial charge on any atom is 0.490 e. The van der Waals surface area contributed by atoms with E-state index in [4.69, 9.17) is 15.0 Å². The summed E-state index contributed by atoms with van der Waals surface area (Å²) in [7, 11) is 1.99. The van der Waals surface area contributed by atoms with E-state index in [2.05, 4.69) is 9.88 Å². The number of nitrogens with zero attached hydrogens (tertiary/aromatic N) is 5. The first kappa shape index (κ1) is 24.6. The van der Waals surface area contributed by atoms with Gasteiger partial charge in [-0.15, -0.1) is 0 Å². The molecule has 1 N–H and O–H groups in total. The number of hydrogen-bond donors (Lipinski definition) is 1. The van der Waals surface area contributed by atoms with Gasteiger partial charge in [-0.25, -0.2) is 9.78 Å². The predicted octanol–water partition coefficient (Wildman–Crippen LogP) is 3.74. The number of hydrogen-bond acceptors (Lipinski definition) is 5. The van der Waals surface area contributed by atoms with Crippen LogP contribution < -0.4 is 0 Å². The Morgan fingerprint density at radius 1 is 1.03 bits per heavy atom. The molecule has 0 saturated carbocycles. The number of aliphatic carboxylic acids is 1. The molecule has 0 atom stereocenters. The molecule has 11 heteroatoms. The van der Waals surface area contributed by atoms with Crippen molar-refractivity contribution in [2.75, 3.05) is 13.1 Å². The zero-order valence-electron chi connectivity index (χ0n) is 19.3. The number of carbonyl (C=O) groups is 2. The number of rotatable bonds is 3. The van der Waals surface area contributed by atoms with Crippen molar-refractivity contribution in [3.63, 3.8) is 0 Å². The van der Waals surface area contributed by atoms with Crippen LogP contribution >= 0.6 is 0 Å². The number of likely N-dealkylation sites (tertiary alicyclic amines) is 1. The lowest BCUT2D eigenvalue weighted by molar-refractivity contribution is -0.192. The lowest BCUT2D eigenvalue weighted by atomic mass is 10.1. The molecule has 35 heavy (non-hydrogen) atoms.